The van der Waals surface area contributed by atoms with Gasteiger partial charge in [0.15, 0.2) is 0 Å². The number of carboxylic acids is 1. The van der Waals surface area contributed by atoms with Crippen LogP contribution >= 0.6 is 15.9 Å². The molecule has 0 aliphatic carbocycles. The van der Waals surface area contributed by atoms with Crippen LogP contribution in [0.25, 0.3) is 0 Å². The highest BCUT2D eigenvalue weighted by Crippen LogP contribution is 2.21. The van der Waals surface area contributed by atoms with Crippen molar-refractivity contribution in [2.24, 2.45) is 0 Å². The maximum atomic E-state index is 12.2. The van der Waals surface area contributed by atoms with Gasteiger partial charge >= 0.3 is 5.97 Å². The molecule has 4 nitrogen and oxygen atoms in total. The lowest BCUT2D eigenvalue weighted by Gasteiger charge is -2.26. The van der Waals surface area contributed by atoms with Gasteiger partial charge in [0.1, 0.15) is 5.54 Å². The molecule has 1 amide bonds. The standard InChI is InChI=1S/C14H18BrNO3/c1-4-8-14(3,13(18)19)16-12(17)10-6-5-7-11(15)9(10)2/h5-7H,4,8H2,1-3H3,(H,16,17)(H,18,19). The lowest BCUT2D eigenvalue weighted by molar-refractivity contribution is -0.144. The van der Waals surface area contributed by atoms with Gasteiger partial charge in [0.05, 0.1) is 0 Å². The van der Waals surface area contributed by atoms with Crippen molar-refractivity contribution >= 4 is 27.8 Å². The number of carboxylic acid groups (broad SMARTS) is 1. The Morgan fingerprint density at radius 1 is 1.42 bits per heavy atom. The van der Waals surface area contributed by atoms with Crippen LogP contribution < -0.4 is 5.32 Å². The van der Waals surface area contributed by atoms with E-state index in [4.69, 9.17) is 0 Å². The van der Waals surface area contributed by atoms with E-state index in [1.165, 1.54) is 6.92 Å². The number of aliphatic carboxylic acids is 1. The van der Waals surface area contributed by atoms with Gasteiger partial charge in [-0.25, -0.2) is 4.79 Å². The summed E-state index contributed by atoms with van der Waals surface area (Å²) in [5.41, 5.74) is 0.0443. The van der Waals surface area contributed by atoms with Crippen LogP contribution in [-0.2, 0) is 4.79 Å². The number of carbonyl (C=O) groups is 2. The first kappa shape index (κ1) is 15.7. The Balaban J connectivity index is 3.01. The topological polar surface area (TPSA) is 66.4 Å². The van der Waals surface area contributed by atoms with Gasteiger partial charge in [0, 0.05) is 10.0 Å². The second-order valence-electron chi connectivity index (χ2n) is 4.75. The summed E-state index contributed by atoms with van der Waals surface area (Å²) < 4.78 is 0.827. The summed E-state index contributed by atoms with van der Waals surface area (Å²) in [7, 11) is 0. The van der Waals surface area contributed by atoms with E-state index in [0.717, 1.165) is 10.0 Å². The predicted octanol–water partition coefficient (Wildman–Crippen LogP) is 3.13. The molecule has 1 atom stereocenters. The second kappa shape index (κ2) is 6.19. The van der Waals surface area contributed by atoms with Crippen LogP contribution in [0.4, 0.5) is 0 Å². The Morgan fingerprint density at radius 2 is 2.05 bits per heavy atom. The van der Waals surface area contributed by atoms with Crippen molar-refractivity contribution in [2.75, 3.05) is 0 Å². The first-order chi connectivity index (χ1) is 8.81. The molecule has 19 heavy (non-hydrogen) atoms. The summed E-state index contributed by atoms with van der Waals surface area (Å²) >= 11 is 3.36. The molecular formula is C14H18BrNO3. The summed E-state index contributed by atoms with van der Waals surface area (Å²) in [5, 5.41) is 11.9. The van der Waals surface area contributed by atoms with E-state index >= 15 is 0 Å². The van der Waals surface area contributed by atoms with Gasteiger partial charge in [-0.1, -0.05) is 35.3 Å². The van der Waals surface area contributed by atoms with Gasteiger partial charge in [0.25, 0.3) is 5.91 Å². The minimum Gasteiger partial charge on any atom is -0.480 e. The summed E-state index contributed by atoms with van der Waals surface area (Å²) in [6.45, 7) is 5.23. The Kier molecular flexibility index (Phi) is 5.11. The summed E-state index contributed by atoms with van der Waals surface area (Å²) in [6.07, 6.45) is 1.07. The maximum Gasteiger partial charge on any atom is 0.329 e. The van der Waals surface area contributed by atoms with Crippen molar-refractivity contribution in [2.45, 2.75) is 39.2 Å². The van der Waals surface area contributed by atoms with Crippen LogP contribution in [0.1, 0.15) is 42.6 Å². The van der Waals surface area contributed by atoms with Crippen LogP contribution in [0, 0.1) is 6.92 Å². The number of amides is 1. The van der Waals surface area contributed by atoms with Crippen molar-refractivity contribution in [1.82, 2.24) is 5.32 Å². The molecule has 0 aliphatic rings. The van der Waals surface area contributed by atoms with Crippen LogP contribution in [0.2, 0.25) is 0 Å². The quantitative estimate of drug-likeness (QED) is 0.873. The average Bonchev–Trinajstić information content (AvgIpc) is 2.32. The van der Waals surface area contributed by atoms with E-state index in [9.17, 15) is 14.7 Å². The van der Waals surface area contributed by atoms with E-state index < -0.39 is 11.5 Å². The van der Waals surface area contributed by atoms with Crippen molar-refractivity contribution in [3.63, 3.8) is 0 Å². The highest BCUT2D eigenvalue weighted by atomic mass is 79.9. The van der Waals surface area contributed by atoms with Crippen LogP contribution in [0.5, 0.6) is 0 Å². The molecule has 104 valence electrons. The normalized spacial score (nSPS) is 13.7. The third-order valence-corrected chi connectivity index (χ3v) is 3.98. The van der Waals surface area contributed by atoms with E-state index in [2.05, 4.69) is 21.2 Å². The number of hydrogen-bond donors (Lipinski definition) is 2. The van der Waals surface area contributed by atoms with Crippen LogP contribution in [0.3, 0.4) is 0 Å². The van der Waals surface area contributed by atoms with E-state index in [1.807, 2.05) is 19.9 Å². The lowest BCUT2D eigenvalue weighted by atomic mass is 9.95. The smallest absolute Gasteiger partial charge is 0.329 e. The van der Waals surface area contributed by atoms with Gasteiger partial charge < -0.3 is 10.4 Å². The first-order valence-electron chi connectivity index (χ1n) is 6.13. The maximum absolute atomic E-state index is 12.2. The second-order valence-corrected chi connectivity index (χ2v) is 5.61. The molecule has 0 aromatic heterocycles. The molecule has 0 bridgehead atoms. The lowest BCUT2D eigenvalue weighted by Crippen LogP contribution is -2.52. The number of rotatable bonds is 5. The largest absolute Gasteiger partial charge is 0.480 e. The van der Waals surface area contributed by atoms with Crippen molar-refractivity contribution in [3.8, 4) is 0 Å². The Bertz CT molecular complexity index is 501. The summed E-state index contributed by atoms with van der Waals surface area (Å²) in [4.78, 5) is 23.5. The molecule has 0 heterocycles. The van der Waals surface area contributed by atoms with Crippen molar-refractivity contribution < 1.29 is 14.7 Å². The van der Waals surface area contributed by atoms with Gasteiger partial charge in [-0.05, 0) is 38.0 Å². The number of halogens is 1. The predicted molar refractivity (Wildman–Crippen MR) is 77.3 cm³/mol. The molecule has 1 rings (SSSR count). The molecule has 1 unspecified atom stereocenters. The zero-order valence-electron chi connectivity index (χ0n) is 11.3. The van der Waals surface area contributed by atoms with E-state index in [-0.39, 0.29) is 5.91 Å². The Labute approximate surface area is 121 Å². The Hall–Kier alpha value is -1.36. The van der Waals surface area contributed by atoms with Gasteiger partial charge in [-0.15, -0.1) is 0 Å². The molecular weight excluding hydrogens is 310 g/mol. The number of nitrogens with one attached hydrogen (secondary N) is 1. The number of hydrogen-bond acceptors (Lipinski definition) is 2. The molecule has 2 N–H and O–H groups in total. The molecule has 0 saturated heterocycles. The van der Waals surface area contributed by atoms with Gasteiger partial charge in [-0.3, -0.25) is 4.79 Å². The highest BCUT2D eigenvalue weighted by molar-refractivity contribution is 9.10. The third-order valence-electron chi connectivity index (χ3n) is 3.12. The SMILES string of the molecule is CCCC(C)(NC(=O)c1cccc(Br)c1C)C(=O)O. The fourth-order valence-corrected chi connectivity index (χ4v) is 2.26. The minimum absolute atomic E-state index is 0.364. The molecule has 0 aliphatic heterocycles. The summed E-state index contributed by atoms with van der Waals surface area (Å²) in [5.74, 6) is -1.38. The minimum atomic E-state index is -1.24. The first-order valence-corrected chi connectivity index (χ1v) is 6.92. The fourth-order valence-electron chi connectivity index (χ4n) is 1.89. The van der Waals surface area contributed by atoms with Crippen LogP contribution in [0.15, 0.2) is 22.7 Å². The third kappa shape index (κ3) is 3.56. The Morgan fingerprint density at radius 3 is 2.58 bits per heavy atom. The fraction of sp³-hybridized carbons (Fsp3) is 0.429. The molecule has 0 fully saturated rings. The molecule has 1 aromatic carbocycles. The zero-order chi connectivity index (χ0) is 14.6. The summed E-state index contributed by atoms with van der Waals surface area (Å²) in [6, 6.07) is 5.28. The van der Waals surface area contributed by atoms with Crippen molar-refractivity contribution in [3.05, 3.63) is 33.8 Å². The molecule has 5 heteroatoms. The number of carbonyl (C=O) groups excluding carboxylic acids is 1. The average molecular weight is 328 g/mol. The molecule has 0 spiro atoms. The monoisotopic (exact) mass is 327 g/mol. The van der Waals surface area contributed by atoms with E-state index in [1.54, 1.807) is 12.1 Å². The number of benzene rings is 1. The van der Waals surface area contributed by atoms with Crippen molar-refractivity contribution in [1.29, 1.82) is 0 Å². The zero-order valence-corrected chi connectivity index (χ0v) is 12.9. The molecule has 1 aromatic rings. The molecule has 0 saturated carbocycles. The van der Waals surface area contributed by atoms with Gasteiger partial charge in [-0.2, -0.15) is 0 Å². The van der Waals surface area contributed by atoms with E-state index in [0.29, 0.717) is 18.4 Å². The highest BCUT2D eigenvalue weighted by Gasteiger charge is 2.34. The van der Waals surface area contributed by atoms with Crippen LogP contribution in [-0.4, -0.2) is 22.5 Å². The molecule has 0 radical (unpaired) electrons. The van der Waals surface area contributed by atoms with Gasteiger partial charge in [0.2, 0.25) is 0 Å².